The van der Waals surface area contributed by atoms with Gasteiger partial charge < -0.3 is 4.90 Å². The molecule has 0 N–H and O–H groups in total. The Morgan fingerprint density at radius 1 is 1.20 bits per heavy atom. The molecule has 2 heterocycles. The third-order valence-corrected chi connectivity index (χ3v) is 4.89. The molecule has 20 heavy (non-hydrogen) atoms. The quantitative estimate of drug-likeness (QED) is 0.830. The van der Waals surface area contributed by atoms with E-state index in [1.165, 1.54) is 10.4 Å². The monoisotopic (exact) mass is 285 g/mol. The largest absolute Gasteiger partial charge is 0.335 e. The van der Waals surface area contributed by atoms with Crippen LogP contribution in [0.5, 0.6) is 0 Å². The topological polar surface area (TPSA) is 20.3 Å². The normalized spacial score (nSPS) is 18.4. The Balaban J connectivity index is 1.62. The fourth-order valence-corrected chi connectivity index (χ4v) is 3.76. The third kappa shape index (κ3) is 2.93. The Bertz CT molecular complexity index is 550. The molecule has 1 atom stereocenters. The maximum absolute atomic E-state index is 12.5. The van der Waals surface area contributed by atoms with Gasteiger partial charge in [0.1, 0.15) is 0 Å². The molecule has 1 aromatic carbocycles. The molecule has 0 radical (unpaired) electrons. The number of carbonyl (C=O) groups excluding carboxylic acids is 1. The minimum Gasteiger partial charge on any atom is -0.335 e. The molecule has 3 rings (SSSR count). The van der Waals surface area contributed by atoms with Gasteiger partial charge in [-0.3, -0.25) is 4.79 Å². The van der Waals surface area contributed by atoms with E-state index >= 15 is 0 Å². The number of likely N-dealkylation sites (tertiary alicyclic amines) is 1. The van der Waals surface area contributed by atoms with Gasteiger partial charge in [0.25, 0.3) is 0 Å². The predicted molar refractivity (Wildman–Crippen MR) is 82.8 cm³/mol. The van der Waals surface area contributed by atoms with Gasteiger partial charge in [-0.2, -0.15) is 0 Å². The van der Waals surface area contributed by atoms with Crippen LogP contribution >= 0.6 is 11.3 Å². The highest BCUT2D eigenvalue weighted by atomic mass is 32.1. The molecule has 1 fully saturated rings. The van der Waals surface area contributed by atoms with Crippen molar-refractivity contribution in [2.75, 3.05) is 6.54 Å². The zero-order chi connectivity index (χ0) is 13.8. The molecule has 0 spiro atoms. The highest BCUT2D eigenvalue weighted by molar-refractivity contribution is 7.10. The summed E-state index contributed by atoms with van der Waals surface area (Å²) >= 11 is 1.76. The Morgan fingerprint density at radius 3 is 2.80 bits per heavy atom. The zero-order valence-electron chi connectivity index (χ0n) is 11.5. The summed E-state index contributed by atoms with van der Waals surface area (Å²) in [5, 5.41) is 2.10. The lowest BCUT2D eigenvalue weighted by atomic mass is 10.1. The number of nitrogens with zero attached hydrogens (tertiary/aromatic N) is 1. The smallest absolute Gasteiger partial charge is 0.223 e. The molecule has 104 valence electrons. The highest BCUT2D eigenvalue weighted by Crippen LogP contribution is 2.34. The molecule has 1 aliphatic heterocycles. The average Bonchev–Trinajstić information content (AvgIpc) is 3.15. The van der Waals surface area contributed by atoms with Crippen LogP contribution in [0.25, 0.3) is 0 Å². The summed E-state index contributed by atoms with van der Waals surface area (Å²) in [6.07, 6.45) is 3.69. The van der Waals surface area contributed by atoms with E-state index in [2.05, 4.69) is 34.5 Å². The van der Waals surface area contributed by atoms with Crippen molar-refractivity contribution in [3.05, 3.63) is 58.3 Å². The van der Waals surface area contributed by atoms with E-state index in [0.29, 0.717) is 18.4 Å². The summed E-state index contributed by atoms with van der Waals surface area (Å²) in [4.78, 5) is 15.9. The Labute approximate surface area is 124 Å². The lowest BCUT2D eigenvalue weighted by Gasteiger charge is -2.24. The molecule has 0 bridgehead atoms. The molecule has 2 aromatic rings. The number of thiophene rings is 1. The lowest BCUT2D eigenvalue weighted by Crippen LogP contribution is -2.30. The number of hydrogen-bond donors (Lipinski definition) is 0. The number of carbonyl (C=O) groups is 1. The van der Waals surface area contributed by atoms with Crippen LogP contribution in [0, 0.1) is 0 Å². The summed E-state index contributed by atoms with van der Waals surface area (Å²) in [7, 11) is 0. The number of rotatable bonds is 4. The maximum Gasteiger partial charge on any atom is 0.223 e. The second-order valence-electron chi connectivity index (χ2n) is 5.25. The minimum absolute atomic E-state index is 0.296. The first-order valence-corrected chi connectivity index (χ1v) is 8.09. The summed E-state index contributed by atoms with van der Waals surface area (Å²) < 4.78 is 0. The molecule has 1 aromatic heterocycles. The van der Waals surface area contributed by atoms with E-state index in [4.69, 9.17) is 0 Å². The fraction of sp³-hybridized carbons (Fsp3) is 0.353. The third-order valence-electron chi connectivity index (χ3n) is 3.92. The first-order chi connectivity index (χ1) is 9.84. The second-order valence-corrected chi connectivity index (χ2v) is 6.23. The zero-order valence-corrected chi connectivity index (χ0v) is 12.3. The van der Waals surface area contributed by atoms with Crippen LogP contribution in [0.15, 0.2) is 47.8 Å². The lowest BCUT2D eigenvalue weighted by molar-refractivity contribution is -0.132. The van der Waals surface area contributed by atoms with Gasteiger partial charge in [0.05, 0.1) is 6.04 Å². The van der Waals surface area contributed by atoms with E-state index in [1.54, 1.807) is 11.3 Å². The van der Waals surface area contributed by atoms with Gasteiger partial charge in [-0.25, -0.2) is 0 Å². The van der Waals surface area contributed by atoms with E-state index < -0.39 is 0 Å². The minimum atomic E-state index is 0.296. The van der Waals surface area contributed by atoms with E-state index in [-0.39, 0.29) is 0 Å². The van der Waals surface area contributed by atoms with Gasteiger partial charge in [-0.15, -0.1) is 11.3 Å². The van der Waals surface area contributed by atoms with Crippen molar-refractivity contribution in [3.63, 3.8) is 0 Å². The van der Waals surface area contributed by atoms with Crippen molar-refractivity contribution in [1.29, 1.82) is 0 Å². The van der Waals surface area contributed by atoms with E-state index in [0.717, 1.165) is 25.8 Å². The van der Waals surface area contributed by atoms with Crippen molar-refractivity contribution in [3.8, 4) is 0 Å². The van der Waals surface area contributed by atoms with Gasteiger partial charge >= 0.3 is 0 Å². The molecule has 0 unspecified atom stereocenters. The number of amides is 1. The van der Waals surface area contributed by atoms with Crippen LogP contribution in [0.1, 0.15) is 35.7 Å². The Kier molecular flexibility index (Phi) is 4.16. The molecular formula is C17H19NOS. The number of hydrogen-bond acceptors (Lipinski definition) is 2. The van der Waals surface area contributed by atoms with Crippen molar-refractivity contribution >= 4 is 17.2 Å². The van der Waals surface area contributed by atoms with Crippen molar-refractivity contribution in [2.24, 2.45) is 0 Å². The summed E-state index contributed by atoms with van der Waals surface area (Å²) in [6, 6.07) is 14.8. The molecule has 1 aliphatic rings. The summed E-state index contributed by atoms with van der Waals surface area (Å²) in [5.41, 5.74) is 1.24. The van der Waals surface area contributed by atoms with E-state index in [1.807, 2.05) is 18.2 Å². The number of benzene rings is 1. The van der Waals surface area contributed by atoms with Crippen molar-refractivity contribution in [2.45, 2.75) is 31.7 Å². The summed E-state index contributed by atoms with van der Waals surface area (Å²) in [6.45, 7) is 0.913. The molecule has 3 heteroatoms. The Hall–Kier alpha value is -1.61. The van der Waals surface area contributed by atoms with Crippen LogP contribution in [0.4, 0.5) is 0 Å². The number of aryl methyl sites for hydroxylation is 1. The van der Waals surface area contributed by atoms with Crippen LogP contribution in [-0.4, -0.2) is 17.4 Å². The molecule has 2 nitrogen and oxygen atoms in total. The van der Waals surface area contributed by atoms with Crippen LogP contribution in [-0.2, 0) is 11.2 Å². The molecular weight excluding hydrogens is 266 g/mol. The first-order valence-electron chi connectivity index (χ1n) is 7.21. The predicted octanol–water partition coefficient (Wildman–Crippen LogP) is 4.04. The van der Waals surface area contributed by atoms with Gasteiger partial charge in [0.15, 0.2) is 0 Å². The van der Waals surface area contributed by atoms with Crippen LogP contribution < -0.4 is 0 Å². The van der Waals surface area contributed by atoms with Crippen LogP contribution in [0.3, 0.4) is 0 Å². The molecule has 1 saturated heterocycles. The van der Waals surface area contributed by atoms with E-state index in [9.17, 15) is 4.79 Å². The molecule has 0 saturated carbocycles. The van der Waals surface area contributed by atoms with Gasteiger partial charge in [0, 0.05) is 17.8 Å². The molecule has 0 aliphatic carbocycles. The molecule has 1 amide bonds. The first kappa shape index (κ1) is 13.4. The van der Waals surface area contributed by atoms with Crippen molar-refractivity contribution in [1.82, 2.24) is 4.90 Å². The average molecular weight is 285 g/mol. The standard InChI is InChI=1S/C17H19NOS/c19-17(11-10-14-6-2-1-3-7-14)18-12-4-8-15(18)16-9-5-13-20-16/h1-3,5-7,9,13,15H,4,8,10-12H2/t15-/m0/s1. The SMILES string of the molecule is O=C(CCc1ccccc1)N1CCC[C@H]1c1cccs1. The Morgan fingerprint density at radius 2 is 2.05 bits per heavy atom. The summed E-state index contributed by atoms with van der Waals surface area (Å²) in [5.74, 6) is 0.296. The fourth-order valence-electron chi connectivity index (χ4n) is 2.88. The van der Waals surface area contributed by atoms with Gasteiger partial charge in [-0.1, -0.05) is 36.4 Å². The van der Waals surface area contributed by atoms with Crippen LogP contribution in [0.2, 0.25) is 0 Å². The highest BCUT2D eigenvalue weighted by Gasteiger charge is 2.29. The maximum atomic E-state index is 12.5. The second kappa shape index (κ2) is 6.23. The van der Waals surface area contributed by atoms with Crippen molar-refractivity contribution < 1.29 is 4.79 Å². The van der Waals surface area contributed by atoms with Gasteiger partial charge in [-0.05, 0) is 36.3 Å². The van der Waals surface area contributed by atoms with Gasteiger partial charge in [0.2, 0.25) is 5.91 Å².